The van der Waals surface area contributed by atoms with Crippen LogP contribution in [0, 0.1) is 0 Å². The fourth-order valence-electron chi connectivity index (χ4n) is 1.60. The average molecular weight is 258 g/mol. The maximum Gasteiger partial charge on any atom is 0.137 e. The lowest BCUT2D eigenvalue weighted by atomic mass is 10.1. The van der Waals surface area contributed by atoms with Gasteiger partial charge in [0.1, 0.15) is 12.2 Å². The Balaban J connectivity index is 4.80. The molecule has 0 aromatic rings. The number of hydrogen-bond donors (Lipinski definition) is 0. The van der Waals surface area contributed by atoms with E-state index in [1.807, 2.05) is 0 Å². The first-order valence-electron chi connectivity index (χ1n) is 5.84. The lowest BCUT2D eigenvalue weighted by Crippen LogP contribution is -2.58. The summed E-state index contributed by atoms with van der Waals surface area (Å²) in [6.07, 6.45) is -2.62. The molecule has 0 radical (unpaired) electrons. The molecule has 0 bridgehead atoms. The summed E-state index contributed by atoms with van der Waals surface area (Å²) in [5, 5.41) is 22.0. The molecule has 2 amide bonds. The lowest BCUT2D eigenvalue weighted by Gasteiger charge is -2.43. The minimum atomic E-state index is -1.31. The van der Waals surface area contributed by atoms with Gasteiger partial charge in [-0.1, -0.05) is 0 Å². The topological polar surface area (TPSA) is 86.7 Å². The van der Waals surface area contributed by atoms with Crippen molar-refractivity contribution < 1.29 is 19.8 Å². The van der Waals surface area contributed by atoms with Crippen LogP contribution in [0.25, 0.3) is 0 Å². The van der Waals surface area contributed by atoms with Crippen LogP contribution in [0.1, 0.15) is 41.5 Å². The molecule has 6 nitrogen and oxygen atoms in total. The van der Waals surface area contributed by atoms with Crippen LogP contribution in [0.4, 0.5) is 9.59 Å². The van der Waals surface area contributed by atoms with E-state index in [0.717, 1.165) is 9.80 Å². The van der Waals surface area contributed by atoms with E-state index in [4.69, 9.17) is 0 Å². The Labute approximate surface area is 108 Å². The number of carboxylic acid groups (broad SMARTS) is 2. The molecule has 0 rings (SSSR count). The van der Waals surface area contributed by atoms with Crippen molar-refractivity contribution in [3.63, 3.8) is 0 Å². The molecule has 0 N–H and O–H groups in total. The highest BCUT2D eigenvalue weighted by Gasteiger charge is 2.25. The second-order valence-electron chi connectivity index (χ2n) is 6.18. The number of nitrogens with zero attached hydrogens (tertiary/aromatic N) is 2. The minimum Gasteiger partial charge on any atom is -0.530 e. The van der Waals surface area contributed by atoms with Crippen LogP contribution in [0.3, 0.4) is 0 Å². The number of rotatable bonds is 3. The zero-order valence-corrected chi connectivity index (χ0v) is 11.9. The van der Waals surface area contributed by atoms with Gasteiger partial charge in [-0.15, -0.1) is 0 Å². The molecule has 0 aliphatic rings. The molecule has 0 unspecified atom stereocenters. The highest BCUT2D eigenvalue weighted by Crippen LogP contribution is 2.16. The summed E-state index contributed by atoms with van der Waals surface area (Å²) < 4.78 is 0. The van der Waals surface area contributed by atoms with E-state index in [-0.39, 0.29) is 13.1 Å². The lowest BCUT2D eigenvalue weighted by molar-refractivity contribution is -0.276. The van der Waals surface area contributed by atoms with Crippen molar-refractivity contribution >= 4 is 12.2 Å². The van der Waals surface area contributed by atoms with Gasteiger partial charge in [-0.2, -0.15) is 0 Å². The maximum atomic E-state index is 11.0. The first-order chi connectivity index (χ1) is 7.87. The molecule has 0 saturated carbocycles. The van der Waals surface area contributed by atoms with Gasteiger partial charge in [0.05, 0.1) is 0 Å². The molecule has 0 aromatic heterocycles. The molecule has 0 atom stereocenters. The molecule has 18 heavy (non-hydrogen) atoms. The second-order valence-corrected chi connectivity index (χ2v) is 6.18. The van der Waals surface area contributed by atoms with E-state index in [1.54, 1.807) is 41.5 Å². The zero-order chi connectivity index (χ0) is 14.7. The molecule has 6 heteroatoms. The summed E-state index contributed by atoms with van der Waals surface area (Å²) >= 11 is 0. The van der Waals surface area contributed by atoms with Gasteiger partial charge in [0.2, 0.25) is 0 Å². The second kappa shape index (κ2) is 5.46. The van der Waals surface area contributed by atoms with E-state index in [1.165, 1.54) is 0 Å². The smallest absolute Gasteiger partial charge is 0.137 e. The summed E-state index contributed by atoms with van der Waals surface area (Å²) in [6, 6.07) is 0. The molecular weight excluding hydrogens is 236 g/mol. The summed E-state index contributed by atoms with van der Waals surface area (Å²) in [5.41, 5.74) is -1.26. The van der Waals surface area contributed by atoms with Crippen molar-refractivity contribution in [2.75, 3.05) is 13.1 Å². The molecule has 0 saturated heterocycles. The fourth-order valence-corrected chi connectivity index (χ4v) is 1.60. The van der Waals surface area contributed by atoms with Crippen LogP contribution in [0.5, 0.6) is 0 Å². The van der Waals surface area contributed by atoms with E-state index < -0.39 is 23.3 Å². The quantitative estimate of drug-likeness (QED) is 0.705. The van der Waals surface area contributed by atoms with Gasteiger partial charge < -0.3 is 29.6 Å². The normalized spacial score (nSPS) is 12.1. The monoisotopic (exact) mass is 258 g/mol. The molecule has 0 aliphatic heterocycles. The first kappa shape index (κ1) is 16.5. The highest BCUT2D eigenvalue weighted by molar-refractivity contribution is 5.65. The molecule has 0 spiro atoms. The number of carbonyl (C=O) groups excluding carboxylic acids is 2. The molecule has 106 valence electrons. The standard InChI is InChI=1S/C12H24N2O4/c1-11(2,3)13(9(15)16)7-8-14(10(17)18)12(4,5)6/h7-8H2,1-6H3,(H,15,16)(H,17,18)/p-2. The average Bonchev–Trinajstić information content (AvgIpc) is 2.05. The summed E-state index contributed by atoms with van der Waals surface area (Å²) in [7, 11) is 0. The number of amides is 2. The van der Waals surface area contributed by atoms with Gasteiger partial charge in [-0.25, -0.2) is 0 Å². The molecule has 0 aromatic carbocycles. The van der Waals surface area contributed by atoms with Crippen LogP contribution in [0.2, 0.25) is 0 Å². The first-order valence-corrected chi connectivity index (χ1v) is 5.84. The molecule has 0 fully saturated rings. The Bertz CT molecular complexity index is 283. The minimum absolute atomic E-state index is 0.0527. The number of carbonyl (C=O) groups is 2. The Morgan fingerprint density at radius 1 is 0.778 bits per heavy atom. The van der Waals surface area contributed by atoms with Crippen LogP contribution < -0.4 is 10.2 Å². The predicted molar refractivity (Wildman–Crippen MR) is 63.7 cm³/mol. The van der Waals surface area contributed by atoms with Crippen molar-refractivity contribution in [2.24, 2.45) is 0 Å². The van der Waals surface area contributed by atoms with Crippen molar-refractivity contribution in [3.05, 3.63) is 0 Å². The Hall–Kier alpha value is -1.46. The molecule has 0 heterocycles. The Kier molecular flexibility index (Phi) is 5.01. The van der Waals surface area contributed by atoms with E-state index in [9.17, 15) is 19.8 Å². The van der Waals surface area contributed by atoms with Gasteiger partial charge in [0.25, 0.3) is 0 Å². The van der Waals surface area contributed by atoms with Gasteiger partial charge in [-0.3, -0.25) is 0 Å². The third-order valence-corrected chi connectivity index (χ3v) is 2.61. The van der Waals surface area contributed by atoms with Crippen LogP contribution in [-0.4, -0.2) is 46.2 Å². The molecular formula is C12H22N2O4-2. The summed E-state index contributed by atoms with van der Waals surface area (Å²) in [6.45, 7) is 10.5. The maximum absolute atomic E-state index is 11.0. The van der Waals surface area contributed by atoms with Crippen molar-refractivity contribution in [2.45, 2.75) is 52.6 Å². The van der Waals surface area contributed by atoms with Crippen LogP contribution in [-0.2, 0) is 0 Å². The Morgan fingerprint density at radius 3 is 1.11 bits per heavy atom. The van der Waals surface area contributed by atoms with Gasteiger partial charge in [0.15, 0.2) is 0 Å². The van der Waals surface area contributed by atoms with Crippen molar-refractivity contribution in [1.82, 2.24) is 9.80 Å². The van der Waals surface area contributed by atoms with Gasteiger partial charge in [-0.05, 0) is 41.5 Å². The predicted octanol–water partition coefficient (Wildman–Crippen LogP) is -0.126. The third kappa shape index (κ3) is 4.81. The summed E-state index contributed by atoms with van der Waals surface area (Å²) in [5.74, 6) is 0. The fraction of sp³-hybridized carbons (Fsp3) is 0.833. The third-order valence-electron chi connectivity index (χ3n) is 2.61. The van der Waals surface area contributed by atoms with Crippen molar-refractivity contribution in [1.29, 1.82) is 0 Å². The Morgan fingerprint density at radius 2 is 1.00 bits per heavy atom. The molecule has 0 aliphatic carbocycles. The van der Waals surface area contributed by atoms with E-state index in [2.05, 4.69) is 0 Å². The highest BCUT2D eigenvalue weighted by atomic mass is 16.4. The largest absolute Gasteiger partial charge is 0.530 e. The van der Waals surface area contributed by atoms with Gasteiger partial charge in [0, 0.05) is 24.2 Å². The zero-order valence-electron chi connectivity index (χ0n) is 11.9. The van der Waals surface area contributed by atoms with Crippen LogP contribution in [0.15, 0.2) is 0 Å². The summed E-state index contributed by atoms with van der Waals surface area (Å²) in [4.78, 5) is 24.2. The van der Waals surface area contributed by atoms with E-state index >= 15 is 0 Å². The van der Waals surface area contributed by atoms with Crippen molar-refractivity contribution in [3.8, 4) is 0 Å². The van der Waals surface area contributed by atoms with E-state index in [0.29, 0.717) is 0 Å². The number of hydrogen-bond acceptors (Lipinski definition) is 4. The van der Waals surface area contributed by atoms with Crippen LogP contribution >= 0.6 is 0 Å². The SMILES string of the molecule is CC(C)(C)N(CCN(C(=O)[O-])C(C)(C)C)C(=O)[O-]. The van der Waals surface area contributed by atoms with Gasteiger partial charge >= 0.3 is 0 Å².